The average Bonchev–Trinajstić information content (AvgIpc) is 2.52. The van der Waals surface area contributed by atoms with Crippen LogP contribution in [0.25, 0.3) is 0 Å². The Morgan fingerprint density at radius 3 is 2.77 bits per heavy atom. The molecule has 1 heterocycles. The summed E-state index contributed by atoms with van der Waals surface area (Å²) in [6.45, 7) is 3.19. The Morgan fingerprint density at radius 2 is 2.31 bits per heavy atom. The predicted octanol–water partition coefficient (Wildman–Crippen LogP) is 0.794. The Morgan fingerprint density at radius 1 is 1.69 bits per heavy atom. The van der Waals surface area contributed by atoms with Crippen LogP contribution >= 0.6 is 0 Å². The third kappa shape index (κ3) is 1.56. The van der Waals surface area contributed by atoms with Gasteiger partial charge in [-0.15, -0.1) is 5.10 Å². The summed E-state index contributed by atoms with van der Waals surface area (Å²) in [5.41, 5.74) is -0.581. The first-order valence-electron chi connectivity index (χ1n) is 3.63. The molecular formula is C7H9N3O3. The second kappa shape index (κ2) is 2.96. The molecule has 0 saturated heterocycles. The van der Waals surface area contributed by atoms with Gasteiger partial charge in [-0.25, -0.2) is 0 Å². The van der Waals surface area contributed by atoms with Crippen molar-refractivity contribution in [1.29, 1.82) is 0 Å². The van der Waals surface area contributed by atoms with Crippen molar-refractivity contribution < 1.29 is 9.72 Å². The summed E-state index contributed by atoms with van der Waals surface area (Å²) in [6, 6.07) is 0. The molecule has 0 aromatic carbocycles. The van der Waals surface area contributed by atoms with Crippen molar-refractivity contribution in [3.63, 3.8) is 0 Å². The van der Waals surface area contributed by atoms with E-state index in [2.05, 4.69) is 10.2 Å². The van der Waals surface area contributed by atoms with Crippen LogP contribution in [0.2, 0.25) is 0 Å². The fraction of sp³-hybridized carbons (Fsp3) is 0.429. The Bertz CT molecular complexity index is 343. The van der Waals surface area contributed by atoms with Crippen molar-refractivity contribution in [2.24, 2.45) is 0 Å². The topological polar surface area (TPSA) is 88.9 Å². The SMILES string of the molecule is CC(C)(C=O)c1cn[nH]c1[N+](=O)[O-]. The smallest absolute Gasteiger partial charge is 0.346 e. The summed E-state index contributed by atoms with van der Waals surface area (Å²) in [6.07, 6.45) is 1.96. The minimum atomic E-state index is -0.880. The van der Waals surface area contributed by atoms with E-state index >= 15 is 0 Å². The van der Waals surface area contributed by atoms with Crippen molar-refractivity contribution in [3.05, 3.63) is 21.9 Å². The van der Waals surface area contributed by atoms with E-state index in [4.69, 9.17) is 0 Å². The Kier molecular flexibility index (Phi) is 2.14. The molecule has 6 nitrogen and oxygen atoms in total. The van der Waals surface area contributed by atoms with Crippen molar-refractivity contribution in [2.75, 3.05) is 0 Å². The monoisotopic (exact) mass is 183 g/mol. The maximum Gasteiger partial charge on any atom is 0.346 e. The van der Waals surface area contributed by atoms with Crippen LogP contribution in [0.4, 0.5) is 5.82 Å². The molecule has 70 valence electrons. The van der Waals surface area contributed by atoms with Gasteiger partial charge in [0.15, 0.2) is 0 Å². The zero-order valence-electron chi connectivity index (χ0n) is 7.27. The van der Waals surface area contributed by atoms with E-state index in [1.807, 2.05) is 0 Å². The first-order chi connectivity index (χ1) is 5.99. The van der Waals surface area contributed by atoms with Crippen LogP contribution in [0, 0.1) is 10.1 Å². The maximum atomic E-state index is 10.6. The summed E-state index contributed by atoms with van der Waals surface area (Å²) in [5, 5.41) is 16.2. The Hall–Kier alpha value is -1.72. The molecule has 6 heteroatoms. The zero-order valence-corrected chi connectivity index (χ0v) is 7.27. The van der Waals surface area contributed by atoms with Gasteiger partial charge < -0.3 is 14.9 Å². The normalized spacial score (nSPS) is 11.2. The fourth-order valence-corrected chi connectivity index (χ4v) is 0.954. The zero-order chi connectivity index (χ0) is 10.1. The highest BCUT2D eigenvalue weighted by Gasteiger charge is 2.30. The summed E-state index contributed by atoms with van der Waals surface area (Å²) in [4.78, 5) is 20.5. The molecule has 13 heavy (non-hydrogen) atoms. The Balaban J connectivity index is 3.22. The highest BCUT2D eigenvalue weighted by Crippen LogP contribution is 2.27. The highest BCUT2D eigenvalue weighted by molar-refractivity contribution is 5.69. The van der Waals surface area contributed by atoms with Crippen LogP contribution in [0.5, 0.6) is 0 Å². The number of hydrogen-bond donors (Lipinski definition) is 1. The molecule has 0 bridgehead atoms. The third-order valence-corrected chi connectivity index (χ3v) is 1.79. The summed E-state index contributed by atoms with van der Waals surface area (Å²) in [5.74, 6) is -0.225. The van der Waals surface area contributed by atoms with Gasteiger partial charge in [-0.1, -0.05) is 5.10 Å². The standard InChI is InChI=1S/C7H9N3O3/c1-7(2,4-11)5-3-8-9-6(5)10(12)13/h3-4H,1-2H3,(H,8,9). The number of carbonyl (C=O) groups excluding carboxylic acids is 1. The van der Waals surface area contributed by atoms with E-state index in [0.717, 1.165) is 0 Å². The third-order valence-electron chi connectivity index (χ3n) is 1.79. The lowest BCUT2D eigenvalue weighted by atomic mass is 9.88. The van der Waals surface area contributed by atoms with Gasteiger partial charge >= 0.3 is 5.82 Å². The molecule has 0 spiro atoms. The fourth-order valence-electron chi connectivity index (χ4n) is 0.954. The van der Waals surface area contributed by atoms with Crippen molar-refractivity contribution in [2.45, 2.75) is 19.3 Å². The van der Waals surface area contributed by atoms with Crippen LogP contribution in [-0.2, 0) is 10.2 Å². The summed E-state index contributed by atoms with van der Waals surface area (Å²) in [7, 11) is 0. The predicted molar refractivity (Wildman–Crippen MR) is 44.3 cm³/mol. The molecule has 0 amide bonds. The minimum absolute atomic E-state index is 0.225. The van der Waals surface area contributed by atoms with E-state index < -0.39 is 10.3 Å². The quantitative estimate of drug-likeness (QED) is 0.426. The van der Waals surface area contributed by atoms with E-state index in [1.54, 1.807) is 13.8 Å². The summed E-state index contributed by atoms with van der Waals surface area (Å²) < 4.78 is 0. The first kappa shape index (κ1) is 9.37. The number of hydrogen-bond acceptors (Lipinski definition) is 4. The molecule has 0 fully saturated rings. The van der Waals surface area contributed by atoms with Crippen LogP contribution in [0.1, 0.15) is 19.4 Å². The number of carbonyl (C=O) groups is 1. The average molecular weight is 183 g/mol. The van der Waals surface area contributed by atoms with E-state index in [0.29, 0.717) is 11.8 Å². The molecule has 0 atom stereocenters. The molecule has 0 saturated carbocycles. The van der Waals surface area contributed by atoms with Gasteiger partial charge in [0.1, 0.15) is 6.29 Å². The molecular weight excluding hydrogens is 174 g/mol. The maximum absolute atomic E-state index is 10.6. The second-order valence-corrected chi connectivity index (χ2v) is 3.23. The van der Waals surface area contributed by atoms with Gasteiger partial charge in [-0.05, 0) is 18.8 Å². The van der Waals surface area contributed by atoms with Gasteiger partial charge in [0.05, 0.1) is 17.2 Å². The number of aromatic amines is 1. The van der Waals surface area contributed by atoms with E-state index in [1.165, 1.54) is 6.20 Å². The molecule has 0 aliphatic heterocycles. The largest absolute Gasteiger partial charge is 0.358 e. The van der Waals surface area contributed by atoms with Crippen molar-refractivity contribution in [1.82, 2.24) is 10.2 Å². The number of aromatic nitrogens is 2. The number of H-pyrrole nitrogens is 1. The van der Waals surface area contributed by atoms with Crippen molar-refractivity contribution in [3.8, 4) is 0 Å². The minimum Gasteiger partial charge on any atom is -0.358 e. The second-order valence-electron chi connectivity index (χ2n) is 3.23. The number of nitro groups is 1. The van der Waals surface area contributed by atoms with Gasteiger partial charge in [0, 0.05) is 0 Å². The molecule has 1 aromatic heterocycles. The number of nitrogens with one attached hydrogen (secondary N) is 1. The lowest BCUT2D eigenvalue weighted by Crippen LogP contribution is -2.19. The van der Waals surface area contributed by atoms with Gasteiger partial charge in [-0.3, -0.25) is 0 Å². The lowest BCUT2D eigenvalue weighted by molar-refractivity contribution is -0.390. The van der Waals surface area contributed by atoms with E-state index in [9.17, 15) is 14.9 Å². The van der Waals surface area contributed by atoms with Gasteiger partial charge in [0.25, 0.3) is 0 Å². The van der Waals surface area contributed by atoms with Crippen molar-refractivity contribution >= 4 is 12.1 Å². The lowest BCUT2D eigenvalue weighted by Gasteiger charge is -2.12. The molecule has 0 radical (unpaired) electrons. The number of rotatable bonds is 3. The molecule has 0 unspecified atom stereocenters. The molecule has 1 aromatic rings. The molecule has 0 aliphatic carbocycles. The van der Waals surface area contributed by atoms with Gasteiger partial charge in [0.2, 0.25) is 0 Å². The highest BCUT2D eigenvalue weighted by atomic mass is 16.6. The van der Waals surface area contributed by atoms with Crippen LogP contribution < -0.4 is 0 Å². The van der Waals surface area contributed by atoms with Gasteiger partial charge in [-0.2, -0.15) is 0 Å². The number of aldehydes is 1. The number of nitrogens with zero attached hydrogens (tertiary/aromatic N) is 2. The Labute approximate surface area is 74.1 Å². The first-order valence-corrected chi connectivity index (χ1v) is 3.63. The summed E-state index contributed by atoms with van der Waals surface area (Å²) >= 11 is 0. The van der Waals surface area contributed by atoms with Crippen LogP contribution in [-0.4, -0.2) is 21.4 Å². The van der Waals surface area contributed by atoms with E-state index in [-0.39, 0.29) is 5.82 Å². The molecule has 1 N–H and O–H groups in total. The molecule has 1 rings (SSSR count). The molecule has 0 aliphatic rings. The van der Waals surface area contributed by atoms with Crippen LogP contribution in [0.3, 0.4) is 0 Å². The van der Waals surface area contributed by atoms with Crippen LogP contribution in [0.15, 0.2) is 6.20 Å².